The predicted molar refractivity (Wildman–Crippen MR) is 366 cm³/mol. The summed E-state index contributed by atoms with van der Waals surface area (Å²) < 4.78 is 14.9. The molecule has 7 heterocycles. The van der Waals surface area contributed by atoms with E-state index < -0.39 is 5.41 Å². The summed E-state index contributed by atoms with van der Waals surface area (Å²) in [6.45, 7) is 0. The second-order valence-corrected chi connectivity index (χ2v) is 24.9. The molecule has 21 rings (SSSR count). The zero-order valence-corrected chi connectivity index (χ0v) is 49.0. The Morgan fingerprint density at radius 1 is 0.297 bits per heavy atom. The van der Waals surface area contributed by atoms with Gasteiger partial charge in [-0.2, -0.15) is 0 Å². The minimum Gasteiger partial charge on any atom is -0.457 e. The Balaban J connectivity index is 0.839. The van der Waals surface area contributed by atoms with E-state index in [-0.39, 0.29) is 11.8 Å². The van der Waals surface area contributed by atoms with Crippen molar-refractivity contribution in [3.8, 4) is 62.2 Å². The van der Waals surface area contributed by atoms with Crippen LogP contribution < -0.4 is 4.74 Å². The van der Waals surface area contributed by atoms with Crippen LogP contribution >= 0.6 is 0 Å². The van der Waals surface area contributed by atoms with Crippen LogP contribution in [-0.4, -0.2) is 28.7 Å². The third kappa shape index (κ3) is 6.48. The van der Waals surface area contributed by atoms with Gasteiger partial charge in [-0.05, 0) is 128 Å². The highest BCUT2D eigenvalue weighted by Crippen LogP contribution is 2.64. The Hall–Kier alpha value is -11.9. The van der Waals surface area contributed by atoms with Gasteiger partial charge in [-0.1, -0.05) is 182 Å². The van der Waals surface area contributed by atoms with Crippen molar-refractivity contribution < 1.29 is 4.74 Å². The molecule has 0 atom stereocenters. The monoisotopic (exact) mass is 1160 g/mol. The van der Waals surface area contributed by atoms with Gasteiger partial charge in [0.15, 0.2) is 0 Å². The molecule has 0 radical (unpaired) electrons. The van der Waals surface area contributed by atoms with Crippen molar-refractivity contribution in [3.63, 3.8) is 0 Å². The second kappa shape index (κ2) is 18.1. The SMILES string of the molecule is c1ccc2c(c1)-c1ccccc1C2c1cnc2c(c1)C1(c3ccc(-n4c5ccccc5c5ccccc54)cc3Oc3cc(-n4c5ccccc5c5cc(-n6c7ccccc7c7ccncc76)ccc54)ccc31)c1cc(C3c4ccccc4-c4ccccc43)cnc1-2. The summed E-state index contributed by atoms with van der Waals surface area (Å²) in [5.41, 5.74) is 27.3. The number of pyridine rings is 3. The van der Waals surface area contributed by atoms with Crippen molar-refractivity contribution >= 4 is 65.4 Å². The van der Waals surface area contributed by atoms with Crippen LogP contribution in [0.4, 0.5) is 0 Å². The molecule has 11 aromatic carbocycles. The van der Waals surface area contributed by atoms with E-state index in [0.717, 1.165) is 117 Å². The van der Waals surface area contributed by atoms with Crippen LogP contribution in [-0.2, 0) is 5.41 Å². The van der Waals surface area contributed by atoms with Crippen LogP contribution in [0.15, 0.2) is 292 Å². The first-order chi connectivity index (χ1) is 45.2. The molecule has 0 saturated heterocycles. The minimum atomic E-state index is -0.959. The van der Waals surface area contributed by atoms with Crippen LogP contribution in [0.3, 0.4) is 0 Å². The van der Waals surface area contributed by atoms with E-state index >= 15 is 0 Å². The van der Waals surface area contributed by atoms with Gasteiger partial charge in [0, 0.05) is 114 Å². The fraction of sp³-hybridized carbons (Fsp3) is 0.0357. The van der Waals surface area contributed by atoms with Gasteiger partial charge in [-0.25, -0.2) is 0 Å². The van der Waals surface area contributed by atoms with E-state index in [2.05, 4.69) is 298 Å². The van der Waals surface area contributed by atoms with E-state index in [9.17, 15) is 0 Å². The molecule has 4 aliphatic rings. The van der Waals surface area contributed by atoms with Crippen molar-refractivity contribution in [2.45, 2.75) is 17.3 Å². The number of ether oxygens (including phenoxy) is 1. The summed E-state index contributed by atoms with van der Waals surface area (Å²) >= 11 is 0. The largest absolute Gasteiger partial charge is 0.457 e. The fourth-order valence-electron chi connectivity index (χ4n) is 17.0. The molecular weight excluding hydrogens is 1110 g/mol. The Bertz CT molecular complexity index is 5720. The molecule has 0 bridgehead atoms. The molecule has 0 N–H and O–H groups in total. The van der Waals surface area contributed by atoms with E-state index in [4.69, 9.17) is 14.7 Å². The molecule has 7 heteroatoms. The average Bonchev–Trinajstić information content (AvgIpc) is 1.58. The number of para-hydroxylation sites is 4. The van der Waals surface area contributed by atoms with Crippen LogP contribution in [0, 0.1) is 0 Å². The quantitative estimate of drug-likeness (QED) is 0.172. The highest BCUT2D eigenvalue weighted by molar-refractivity contribution is 6.13. The van der Waals surface area contributed by atoms with Crippen molar-refractivity contribution in [2.75, 3.05) is 0 Å². The molecule has 6 aromatic heterocycles. The zero-order valence-electron chi connectivity index (χ0n) is 49.0. The first-order valence-corrected chi connectivity index (χ1v) is 31.4. The smallest absolute Gasteiger partial charge is 0.134 e. The van der Waals surface area contributed by atoms with E-state index in [0.29, 0.717) is 0 Å². The fourth-order valence-corrected chi connectivity index (χ4v) is 17.0. The Morgan fingerprint density at radius 2 is 0.659 bits per heavy atom. The summed E-state index contributed by atoms with van der Waals surface area (Å²) in [7, 11) is 0. The van der Waals surface area contributed by atoms with Crippen LogP contribution in [0.2, 0.25) is 0 Å². The lowest BCUT2D eigenvalue weighted by atomic mass is 9.65. The molecule has 7 nitrogen and oxygen atoms in total. The van der Waals surface area contributed by atoms with Crippen molar-refractivity contribution in [1.82, 2.24) is 28.7 Å². The lowest BCUT2D eigenvalue weighted by molar-refractivity contribution is 0.435. The highest BCUT2D eigenvalue weighted by Gasteiger charge is 2.54. The van der Waals surface area contributed by atoms with Crippen molar-refractivity contribution in [1.29, 1.82) is 0 Å². The number of fused-ring (bicyclic) bond motifs is 24. The third-order valence-electron chi connectivity index (χ3n) is 20.6. The van der Waals surface area contributed by atoms with Gasteiger partial charge in [-0.3, -0.25) is 15.0 Å². The topological polar surface area (TPSA) is 62.7 Å². The Morgan fingerprint density at radius 3 is 1.12 bits per heavy atom. The first kappa shape index (κ1) is 49.1. The first-order valence-electron chi connectivity index (χ1n) is 31.4. The van der Waals surface area contributed by atoms with Crippen LogP contribution in [0.25, 0.3) is 116 Å². The average molecular weight is 1160 g/mol. The van der Waals surface area contributed by atoms with E-state index in [1.165, 1.54) is 66.1 Å². The summed E-state index contributed by atoms with van der Waals surface area (Å²) in [6, 6.07) is 98.5. The molecule has 17 aromatic rings. The zero-order chi connectivity index (χ0) is 59.2. The number of nitrogens with zero attached hydrogens (tertiary/aromatic N) is 6. The number of hydrogen-bond donors (Lipinski definition) is 0. The maximum absolute atomic E-state index is 7.74. The van der Waals surface area contributed by atoms with Gasteiger partial charge < -0.3 is 18.4 Å². The molecule has 0 fully saturated rings. The number of hydrogen-bond acceptors (Lipinski definition) is 4. The Kier molecular flexibility index (Phi) is 9.77. The summed E-state index contributed by atoms with van der Waals surface area (Å²) in [4.78, 5) is 16.0. The molecule has 0 amide bonds. The van der Waals surface area contributed by atoms with Gasteiger partial charge in [0.1, 0.15) is 11.5 Å². The summed E-state index contributed by atoms with van der Waals surface area (Å²) in [5.74, 6) is 1.47. The van der Waals surface area contributed by atoms with Crippen LogP contribution in [0.1, 0.15) is 67.5 Å². The molecule has 0 unspecified atom stereocenters. The lowest BCUT2D eigenvalue weighted by Gasteiger charge is -2.40. The number of aromatic nitrogens is 6. The number of benzene rings is 11. The molecule has 3 aliphatic carbocycles. The van der Waals surface area contributed by atoms with Crippen molar-refractivity contribution in [2.24, 2.45) is 0 Å². The Labute approximate surface area is 522 Å². The molecule has 1 spiro atoms. The van der Waals surface area contributed by atoms with E-state index in [1.807, 2.05) is 12.4 Å². The molecule has 0 saturated carbocycles. The van der Waals surface area contributed by atoms with Crippen LogP contribution in [0.5, 0.6) is 11.5 Å². The van der Waals surface area contributed by atoms with Gasteiger partial charge in [-0.15, -0.1) is 0 Å². The second-order valence-electron chi connectivity index (χ2n) is 24.9. The van der Waals surface area contributed by atoms with Crippen molar-refractivity contribution in [3.05, 3.63) is 347 Å². The van der Waals surface area contributed by atoms with Gasteiger partial charge >= 0.3 is 0 Å². The minimum absolute atomic E-state index is 0.0396. The summed E-state index contributed by atoms with van der Waals surface area (Å²) in [5, 5.41) is 7.10. The predicted octanol–water partition coefficient (Wildman–Crippen LogP) is 20.0. The lowest BCUT2D eigenvalue weighted by Crippen LogP contribution is -2.33. The molecule has 1 aliphatic heterocycles. The van der Waals surface area contributed by atoms with Gasteiger partial charge in [0.05, 0.1) is 56.1 Å². The summed E-state index contributed by atoms with van der Waals surface area (Å²) in [6.07, 6.45) is 8.14. The van der Waals surface area contributed by atoms with Gasteiger partial charge in [0.2, 0.25) is 0 Å². The molecular formula is C84H50N6O. The van der Waals surface area contributed by atoms with E-state index in [1.54, 1.807) is 0 Å². The van der Waals surface area contributed by atoms with Gasteiger partial charge in [0.25, 0.3) is 0 Å². The number of rotatable bonds is 5. The standard InChI is InChI=1S/C84H50N6O/c1-5-25-63-54(17-1)55-18-2-6-26-64(55)80(63)49-41-70-82(86-46-49)83-71(42-50(47-87-83)81-65-27-7-3-19-56(65)57-20-4-8-28-66(57)81)84(70)68-36-33-52(88-72-29-13-9-21-58(72)59-22-10-14-30-73(59)88)44-78(68)91-79-45-53(34-37-69(79)84)89-75-32-16-12-24-61(75)67-43-51(35-38-76(67)89)90-74-31-15-11-23-60(74)62-39-40-85-48-77(62)90/h1-48,80-81H. The normalized spacial score (nSPS) is 14.0. The maximum atomic E-state index is 7.74. The third-order valence-corrected chi connectivity index (χ3v) is 20.6. The maximum Gasteiger partial charge on any atom is 0.134 e. The molecule has 422 valence electrons. The molecule has 91 heavy (non-hydrogen) atoms. The highest BCUT2D eigenvalue weighted by atomic mass is 16.5.